The van der Waals surface area contributed by atoms with Gasteiger partial charge in [-0.05, 0) is 23.6 Å². The molecule has 4 rings (SSSR count). The van der Waals surface area contributed by atoms with Gasteiger partial charge in [0.2, 0.25) is 0 Å². The fourth-order valence-electron chi connectivity index (χ4n) is 2.45. The minimum atomic E-state index is -0.348. The smallest absolute Gasteiger partial charge is 0.408 e. The second-order valence-electron chi connectivity index (χ2n) is 4.29. The van der Waals surface area contributed by atoms with E-state index in [1.54, 1.807) is 6.20 Å². The van der Waals surface area contributed by atoms with E-state index in [0.717, 1.165) is 21.7 Å². The Bertz CT molecular complexity index is 947. The summed E-state index contributed by atoms with van der Waals surface area (Å²) in [6.07, 6.45) is 1.72. The highest BCUT2D eigenvalue weighted by atomic mass is 16.4. The second-order valence-corrected chi connectivity index (χ2v) is 4.29. The van der Waals surface area contributed by atoms with Crippen LogP contribution in [0.15, 0.2) is 63.9 Å². The molecule has 0 saturated heterocycles. The second kappa shape index (κ2) is 3.23. The normalized spacial score (nSPS) is 11.6. The van der Waals surface area contributed by atoms with Gasteiger partial charge in [0.15, 0.2) is 0 Å². The van der Waals surface area contributed by atoms with Crippen LogP contribution in [0.25, 0.3) is 27.3 Å². The molecule has 2 aromatic heterocycles. The minimum absolute atomic E-state index is 0.348. The van der Waals surface area contributed by atoms with Gasteiger partial charge in [0, 0.05) is 17.0 Å². The fourth-order valence-corrected chi connectivity index (χ4v) is 2.45. The summed E-state index contributed by atoms with van der Waals surface area (Å²) < 4.78 is 6.98. The lowest BCUT2D eigenvalue weighted by Gasteiger charge is -2.04. The summed E-state index contributed by atoms with van der Waals surface area (Å²) in [6.45, 7) is 0. The van der Waals surface area contributed by atoms with Crippen molar-refractivity contribution in [2.24, 2.45) is 0 Å². The zero-order valence-electron chi connectivity index (χ0n) is 9.46. The number of benzene rings is 2. The molecule has 86 valence electrons. The van der Waals surface area contributed by atoms with Crippen LogP contribution in [0.3, 0.4) is 0 Å². The van der Waals surface area contributed by atoms with E-state index in [2.05, 4.69) is 0 Å². The average molecular weight is 235 g/mol. The third kappa shape index (κ3) is 1.10. The van der Waals surface area contributed by atoms with Gasteiger partial charge in [0.05, 0.1) is 5.52 Å². The molecule has 0 spiro atoms. The fraction of sp³-hybridized carbons (Fsp3) is 0. The Hall–Kier alpha value is -2.55. The zero-order chi connectivity index (χ0) is 12.1. The van der Waals surface area contributed by atoms with Crippen LogP contribution in [0.1, 0.15) is 0 Å². The topological polar surface area (TPSA) is 34.6 Å². The predicted octanol–water partition coefficient (Wildman–Crippen LogP) is 3.20. The molecule has 0 aliphatic rings. The molecular weight excluding hydrogens is 226 g/mol. The first-order valence-electron chi connectivity index (χ1n) is 5.76. The molecule has 0 radical (unpaired) electrons. The van der Waals surface area contributed by atoms with E-state index in [1.807, 2.05) is 48.5 Å². The molecule has 0 saturated carbocycles. The lowest BCUT2D eigenvalue weighted by atomic mass is 10.1. The molecule has 2 heterocycles. The minimum Gasteiger partial charge on any atom is -0.408 e. The molecule has 4 aromatic rings. The Morgan fingerprint density at radius 3 is 2.72 bits per heavy atom. The molecule has 0 bridgehead atoms. The summed E-state index contributed by atoms with van der Waals surface area (Å²) in [5.41, 5.74) is 1.54. The first kappa shape index (κ1) is 9.48. The van der Waals surface area contributed by atoms with E-state index in [9.17, 15) is 4.79 Å². The SMILES string of the molecule is O=c1oc2c3ccccc3ccc2c2cccn12. The molecule has 3 heteroatoms. The molecule has 2 aromatic carbocycles. The Balaban J connectivity index is 2.40. The molecule has 0 fully saturated rings. The maximum atomic E-state index is 11.9. The van der Waals surface area contributed by atoms with Crippen LogP contribution >= 0.6 is 0 Å². The van der Waals surface area contributed by atoms with Gasteiger partial charge < -0.3 is 4.42 Å². The Morgan fingerprint density at radius 1 is 0.889 bits per heavy atom. The van der Waals surface area contributed by atoms with Crippen molar-refractivity contribution in [3.8, 4) is 0 Å². The first-order chi connectivity index (χ1) is 8.84. The van der Waals surface area contributed by atoms with Crippen molar-refractivity contribution in [1.29, 1.82) is 0 Å². The van der Waals surface area contributed by atoms with Crippen molar-refractivity contribution in [2.75, 3.05) is 0 Å². The summed E-state index contributed by atoms with van der Waals surface area (Å²) in [7, 11) is 0. The van der Waals surface area contributed by atoms with Crippen LogP contribution in [0.4, 0.5) is 0 Å². The largest absolute Gasteiger partial charge is 0.423 e. The highest BCUT2D eigenvalue weighted by Gasteiger charge is 2.08. The third-order valence-corrected chi connectivity index (χ3v) is 3.29. The van der Waals surface area contributed by atoms with Crippen LogP contribution in [0.5, 0.6) is 0 Å². The van der Waals surface area contributed by atoms with Crippen LogP contribution in [-0.4, -0.2) is 4.40 Å². The van der Waals surface area contributed by atoms with E-state index in [0.29, 0.717) is 5.58 Å². The van der Waals surface area contributed by atoms with Gasteiger partial charge in [0.25, 0.3) is 0 Å². The Kier molecular flexibility index (Phi) is 1.70. The molecule has 0 aliphatic carbocycles. The van der Waals surface area contributed by atoms with E-state index in [4.69, 9.17) is 4.42 Å². The number of hydrogen-bond donors (Lipinski definition) is 0. The standard InChI is InChI=1S/C15H9NO2/c17-15-16-9-3-6-13(16)12-8-7-10-4-1-2-5-11(10)14(12)18-15/h1-9H. The van der Waals surface area contributed by atoms with Gasteiger partial charge in [-0.15, -0.1) is 0 Å². The predicted molar refractivity (Wildman–Crippen MR) is 70.9 cm³/mol. The monoisotopic (exact) mass is 235 g/mol. The molecule has 18 heavy (non-hydrogen) atoms. The summed E-state index contributed by atoms with van der Waals surface area (Å²) in [4.78, 5) is 11.9. The molecule has 0 unspecified atom stereocenters. The van der Waals surface area contributed by atoms with Crippen LogP contribution in [0, 0.1) is 0 Å². The van der Waals surface area contributed by atoms with Gasteiger partial charge in [-0.1, -0.05) is 30.3 Å². The number of fused-ring (bicyclic) bond motifs is 5. The lowest BCUT2D eigenvalue weighted by Crippen LogP contribution is -2.09. The highest BCUT2D eigenvalue weighted by Crippen LogP contribution is 2.26. The van der Waals surface area contributed by atoms with Crippen molar-refractivity contribution in [3.63, 3.8) is 0 Å². The van der Waals surface area contributed by atoms with Crippen molar-refractivity contribution in [1.82, 2.24) is 4.40 Å². The molecular formula is C15H9NO2. The van der Waals surface area contributed by atoms with Gasteiger partial charge in [0.1, 0.15) is 5.58 Å². The van der Waals surface area contributed by atoms with Gasteiger partial charge in [-0.3, -0.25) is 4.40 Å². The highest BCUT2D eigenvalue weighted by molar-refractivity contribution is 6.08. The first-order valence-corrected chi connectivity index (χ1v) is 5.76. The summed E-state index contributed by atoms with van der Waals surface area (Å²) in [5, 5.41) is 3.00. The van der Waals surface area contributed by atoms with Crippen LogP contribution in [0.2, 0.25) is 0 Å². The maximum absolute atomic E-state index is 11.9. The third-order valence-electron chi connectivity index (χ3n) is 3.29. The van der Waals surface area contributed by atoms with Crippen molar-refractivity contribution in [2.45, 2.75) is 0 Å². The van der Waals surface area contributed by atoms with Crippen molar-refractivity contribution < 1.29 is 4.42 Å². The van der Waals surface area contributed by atoms with E-state index in [1.165, 1.54) is 4.40 Å². The molecule has 0 aliphatic heterocycles. The molecule has 0 atom stereocenters. The Labute approximate surface area is 102 Å². The quantitative estimate of drug-likeness (QED) is 0.439. The summed E-state index contributed by atoms with van der Waals surface area (Å²) in [5.74, 6) is -0.348. The maximum Gasteiger partial charge on any atom is 0.423 e. The summed E-state index contributed by atoms with van der Waals surface area (Å²) in [6, 6.07) is 15.7. The lowest BCUT2D eigenvalue weighted by molar-refractivity contribution is 0.525. The summed E-state index contributed by atoms with van der Waals surface area (Å²) >= 11 is 0. The number of hydrogen-bond acceptors (Lipinski definition) is 2. The van der Waals surface area contributed by atoms with E-state index < -0.39 is 0 Å². The molecule has 0 N–H and O–H groups in total. The van der Waals surface area contributed by atoms with Crippen LogP contribution in [-0.2, 0) is 0 Å². The number of aromatic nitrogens is 1. The number of nitrogens with zero attached hydrogens (tertiary/aromatic N) is 1. The van der Waals surface area contributed by atoms with E-state index in [-0.39, 0.29) is 5.76 Å². The molecule has 3 nitrogen and oxygen atoms in total. The van der Waals surface area contributed by atoms with Crippen LogP contribution < -0.4 is 5.76 Å². The van der Waals surface area contributed by atoms with Gasteiger partial charge in [-0.2, -0.15) is 0 Å². The van der Waals surface area contributed by atoms with Gasteiger partial charge in [-0.25, -0.2) is 4.79 Å². The van der Waals surface area contributed by atoms with Gasteiger partial charge >= 0.3 is 5.76 Å². The van der Waals surface area contributed by atoms with E-state index >= 15 is 0 Å². The Morgan fingerprint density at radius 2 is 1.78 bits per heavy atom. The molecule has 0 amide bonds. The number of rotatable bonds is 0. The van der Waals surface area contributed by atoms with Crippen molar-refractivity contribution in [3.05, 3.63) is 65.3 Å². The zero-order valence-corrected chi connectivity index (χ0v) is 9.46. The van der Waals surface area contributed by atoms with Crippen molar-refractivity contribution >= 4 is 27.3 Å². The average Bonchev–Trinajstić information content (AvgIpc) is 2.89.